The van der Waals surface area contributed by atoms with Crippen LogP contribution in [0.3, 0.4) is 0 Å². The minimum atomic E-state index is -4.50. The summed E-state index contributed by atoms with van der Waals surface area (Å²) in [6.07, 6.45) is -3.84. The van der Waals surface area contributed by atoms with Crippen molar-refractivity contribution in [3.8, 4) is 11.4 Å². The first-order chi connectivity index (χ1) is 12.4. The summed E-state index contributed by atoms with van der Waals surface area (Å²) in [7, 11) is 0. The predicted octanol–water partition coefficient (Wildman–Crippen LogP) is 4.44. The molecule has 0 saturated carbocycles. The zero-order valence-electron chi connectivity index (χ0n) is 13.7. The molecule has 3 aromatic rings. The van der Waals surface area contributed by atoms with Crippen molar-refractivity contribution in [1.29, 1.82) is 0 Å². The Kier molecular flexibility index (Phi) is 4.11. The van der Waals surface area contributed by atoms with Crippen molar-refractivity contribution in [2.45, 2.75) is 25.6 Å². The highest BCUT2D eigenvalue weighted by Gasteiger charge is 2.36. The molecule has 26 heavy (non-hydrogen) atoms. The average Bonchev–Trinajstić information content (AvgIpc) is 3.21. The van der Waals surface area contributed by atoms with Gasteiger partial charge in [-0.1, -0.05) is 29.8 Å². The fraction of sp³-hybridized carbons (Fsp3) is 0.353. The van der Waals surface area contributed by atoms with E-state index >= 15 is 0 Å². The van der Waals surface area contributed by atoms with Gasteiger partial charge >= 0.3 is 6.18 Å². The Morgan fingerprint density at radius 3 is 2.65 bits per heavy atom. The number of halogens is 4. The van der Waals surface area contributed by atoms with E-state index in [1.807, 2.05) is 0 Å². The second-order valence-electron chi connectivity index (χ2n) is 6.10. The van der Waals surface area contributed by atoms with E-state index in [4.69, 9.17) is 16.3 Å². The quantitative estimate of drug-likeness (QED) is 0.615. The summed E-state index contributed by atoms with van der Waals surface area (Å²) in [4.78, 5) is 12.9. The van der Waals surface area contributed by atoms with Gasteiger partial charge in [0, 0.05) is 12.2 Å². The Bertz CT molecular complexity index is 980. The van der Waals surface area contributed by atoms with Crippen molar-refractivity contribution in [1.82, 2.24) is 19.5 Å². The van der Waals surface area contributed by atoms with Gasteiger partial charge in [0.1, 0.15) is 17.2 Å². The molecule has 4 rings (SSSR count). The van der Waals surface area contributed by atoms with Crippen LogP contribution in [0.5, 0.6) is 0 Å². The third kappa shape index (κ3) is 2.83. The minimum absolute atomic E-state index is 0.0152. The van der Waals surface area contributed by atoms with Crippen LogP contribution in [0.25, 0.3) is 22.6 Å². The van der Waals surface area contributed by atoms with Crippen LogP contribution in [-0.2, 0) is 10.9 Å². The summed E-state index contributed by atoms with van der Waals surface area (Å²) in [5, 5.41) is 0.121. The molecule has 0 bridgehead atoms. The molecule has 1 aliphatic rings. The number of aromatic nitrogens is 4. The van der Waals surface area contributed by atoms with E-state index in [-0.39, 0.29) is 28.1 Å². The van der Waals surface area contributed by atoms with E-state index in [1.54, 1.807) is 17.6 Å². The number of alkyl halides is 3. The first kappa shape index (κ1) is 17.2. The molecular weight excluding hydrogens is 369 g/mol. The third-order valence-electron chi connectivity index (χ3n) is 4.35. The maximum absolute atomic E-state index is 13.5. The molecule has 136 valence electrons. The zero-order chi connectivity index (χ0) is 18.5. The van der Waals surface area contributed by atoms with Gasteiger partial charge in [0.05, 0.1) is 18.2 Å². The van der Waals surface area contributed by atoms with Gasteiger partial charge in [-0.15, -0.1) is 0 Å². The molecule has 1 aromatic carbocycles. The number of hydrogen-bond acceptors (Lipinski definition) is 4. The third-order valence-corrected chi connectivity index (χ3v) is 4.62. The van der Waals surface area contributed by atoms with Crippen LogP contribution in [0.2, 0.25) is 5.15 Å². The number of hydrogen-bond donors (Lipinski definition) is 0. The highest BCUT2D eigenvalue weighted by Crippen LogP contribution is 2.40. The van der Waals surface area contributed by atoms with Crippen LogP contribution in [0, 0.1) is 6.92 Å². The van der Waals surface area contributed by atoms with E-state index in [1.165, 1.54) is 12.1 Å². The second kappa shape index (κ2) is 6.21. The molecule has 0 radical (unpaired) electrons. The number of nitrogens with zero attached hydrogens (tertiary/aromatic N) is 4. The summed E-state index contributed by atoms with van der Waals surface area (Å²) in [6.45, 7) is 2.59. The van der Waals surface area contributed by atoms with Crippen molar-refractivity contribution in [2.24, 2.45) is 0 Å². The van der Waals surface area contributed by atoms with Crippen molar-refractivity contribution in [2.75, 3.05) is 13.2 Å². The normalized spacial score (nSPS) is 18.0. The molecule has 0 spiro atoms. The topological polar surface area (TPSA) is 52.8 Å². The molecule has 2 aromatic heterocycles. The monoisotopic (exact) mass is 382 g/mol. The van der Waals surface area contributed by atoms with E-state index in [9.17, 15) is 13.2 Å². The van der Waals surface area contributed by atoms with Gasteiger partial charge in [-0.25, -0.2) is 15.0 Å². The lowest BCUT2D eigenvalue weighted by atomic mass is 10.1. The molecule has 1 saturated heterocycles. The first-order valence-corrected chi connectivity index (χ1v) is 8.40. The van der Waals surface area contributed by atoms with Gasteiger partial charge in [0.15, 0.2) is 10.8 Å². The van der Waals surface area contributed by atoms with Gasteiger partial charge in [-0.05, 0) is 19.4 Å². The predicted molar refractivity (Wildman–Crippen MR) is 90.0 cm³/mol. The largest absolute Gasteiger partial charge is 0.417 e. The molecular formula is C17H14ClF3N4O. The Morgan fingerprint density at radius 1 is 1.19 bits per heavy atom. The van der Waals surface area contributed by atoms with Crippen molar-refractivity contribution < 1.29 is 17.9 Å². The molecule has 9 heteroatoms. The molecule has 0 aliphatic carbocycles. The smallest absolute Gasteiger partial charge is 0.379 e. The Hall–Kier alpha value is -2.19. The molecule has 0 N–H and O–H groups in total. The van der Waals surface area contributed by atoms with Crippen molar-refractivity contribution in [3.05, 3.63) is 40.8 Å². The molecule has 1 aliphatic heterocycles. The SMILES string of the molecule is Cc1nc(Cl)c2nc(-c3ccccc3C(F)(F)F)n(C3CCOC3)c2n1. The molecule has 3 heterocycles. The van der Waals surface area contributed by atoms with Crippen LogP contribution in [0.1, 0.15) is 23.9 Å². The van der Waals surface area contributed by atoms with Crippen LogP contribution in [-0.4, -0.2) is 32.7 Å². The van der Waals surface area contributed by atoms with E-state index in [0.717, 1.165) is 6.07 Å². The number of fused-ring (bicyclic) bond motifs is 1. The van der Waals surface area contributed by atoms with Crippen LogP contribution >= 0.6 is 11.6 Å². The van der Waals surface area contributed by atoms with Gasteiger partial charge in [-0.3, -0.25) is 0 Å². The fourth-order valence-corrected chi connectivity index (χ4v) is 3.48. The van der Waals surface area contributed by atoms with Crippen LogP contribution in [0.4, 0.5) is 13.2 Å². The first-order valence-electron chi connectivity index (χ1n) is 8.02. The number of rotatable bonds is 2. The van der Waals surface area contributed by atoms with Crippen molar-refractivity contribution in [3.63, 3.8) is 0 Å². The van der Waals surface area contributed by atoms with Gasteiger partial charge in [0.2, 0.25) is 0 Å². The lowest BCUT2D eigenvalue weighted by Crippen LogP contribution is -2.14. The lowest BCUT2D eigenvalue weighted by Gasteiger charge is -2.17. The maximum atomic E-state index is 13.5. The molecule has 1 atom stereocenters. The van der Waals surface area contributed by atoms with Gasteiger partial charge in [-0.2, -0.15) is 13.2 Å². The minimum Gasteiger partial charge on any atom is -0.379 e. The number of aryl methyl sites for hydroxylation is 1. The van der Waals surface area contributed by atoms with E-state index < -0.39 is 11.7 Å². The summed E-state index contributed by atoms with van der Waals surface area (Å²) < 4.78 is 47.7. The molecule has 1 unspecified atom stereocenters. The fourth-order valence-electron chi connectivity index (χ4n) is 3.23. The number of benzene rings is 1. The Balaban J connectivity index is 2.05. The standard InChI is InChI=1S/C17H14ClF3N4O/c1-9-22-14(18)13-16(23-9)25(10-6-7-26-8-10)15(24-13)11-4-2-3-5-12(11)17(19,20)21/h2-5,10H,6-8H2,1H3. The Labute approximate surface area is 151 Å². The highest BCUT2D eigenvalue weighted by molar-refractivity contribution is 6.33. The molecule has 0 amide bonds. The lowest BCUT2D eigenvalue weighted by molar-refractivity contribution is -0.137. The number of imidazole rings is 1. The second-order valence-corrected chi connectivity index (χ2v) is 6.46. The van der Waals surface area contributed by atoms with Crippen LogP contribution < -0.4 is 0 Å². The van der Waals surface area contributed by atoms with Crippen LogP contribution in [0.15, 0.2) is 24.3 Å². The maximum Gasteiger partial charge on any atom is 0.417 e. The van der Waals surface area contributed by atoms with E-state index in [2.05, 4.69) is 15.0 Å². The zero-order valence-corrected chi connectivity index (χ0v) is 14.5. The summed E-state index contributed by atoms with van der Waals surface area (Å²) in [5.74, 6) is 0.600. The van der Waals surface area contributed by atoms with Gasteiger partial charge in [0.25, 0.3) is 0 Å². The van der Waals surface area contributed by atoms with E-state index in [0.29, 0.717) is 31.1 Å². The van der Waals surface area contributed by atoms with Crippen molar-refractivity contribution >= 4 is 22.8 Å². The average molecular weight is 383 g/mol. The summed E-state index contributed by atoms with van der Waals surface area (Å²) in [5.41, 5.74) is -0.0592. The summed E-state index contributed by atoms with van der Waals surface area (Å²) in [6, 6.07) is 5.20. The molecule has 1 fully saturated rings. The Morgan fingerprint density at radius 2 is 1.96 bits per heavy atom. The summed E-state index contributed by atoms with van der Waals surface area (Å²) >= 11 is 6.19. The number of ether oxygens (including phenoxy) is 1. The van der Waals surface area contributed by atoms with Gasteiger partial charge < -0.3 is 9.30 Å². The highest BCUT2D eigenvalue weighted by atomic mass is 35.5. The molecule has 5 nitrogen and oxygen atoms in total.